The minimum absolute atomic E-state index is 0.213. The molecular weight excluding hydrogens is 348 g/mol. The lowest BCUT2D eigenvalue weighted by atomic mass is 10.2. The van der Waals surface area contributed by atoms with Crippen LogP contribution >= 0.6 is 0 Å². The highest BCUT2D eigenvalue weighted by molar-refractivity contribution is 5.94. The van der Waals surface area contributed by atoms with Crippen molar-refractivity contribution in [1.82, 2.24) is 0 Å². The van der Waals surface area contributed by atoms with E-state index in [4.69, 9.17) is 9.47 Å². The molecule has 0 bridgehead atoms. The Labute approximate surface area is 157 Å². The molecule has 2 aromatic carbocycles. The number of hydrogen-bond donors (Lipinski definition) is 2. The standard InChI is InChI=1S/C20H22N2O5/c1-13-6-4-9-18(10-13)27-14(2)20(25)26-12-19(24)22-17-8-5-7-16(11-17)21-15(3)23/h4-11,14H,12H2,1-3H3,(H,21,23)(H,22,24)/t14-/m1/s1. The van der Waals surface area contributed by atoms with Crippen LogP contribution in [-0.2, 0) is 19.1 Å². The molecule has 1 atom stereocenters. The summed E-state index contributed by atoms with van der Waals surface area (Å²) in [6.45, 7) is 4.43. The molecule has 142 valence electrons. The van der Waals surface area contributed by atoms with E-state index >= 15 is 0 Å². The summed E-state index contributed by atoms with van der Waals surface area (Å²) in [6, 6.07) is 13.9. The van der Waals surface area contributed by atoms with Crippen LogP contribution in [0.3, 0.4) is 0 Å². The first kappa shape index (κ1) is 20.0. The number of carbonyl (C=O) groups is 3. The zero-order valence-corrected chi connectivity index (χ0v) is 15.4. The molecule has 0 heterocycles. The van der Waals surface area contributed by atoms with Gasteiger partial charge in [0.1, 0.15) is 5.75 Å². The molecule has 0 fully saturated rings. The molecule has 2 N–H and O–H groups in total. The summed E-state index contributed by atoms with van der Waals surface area (Å²) in [5.74, 6) is -0.793. The van der Waals surface area contributed by atoms with Crippen molar-refractivity contribution in [2.45, 2.75) is 26.9 Å². The van der Waals surface area contributed by atoms with Gasteiger partial charge in [0.05, 0.1) is 0 Å². The van der Waals surface area contributed by atoms with Crippen molar-refractivity contribution in [2.75, 3.05) is 17.2 Å². The van der Waals surface area contributed by atoms with E-state index in [0.29, 0.717) is 17.1 Å². The average molecular weight is 370 g/mol. The van der Waals surface area contributed by atoms with Gasteiger partial charge in [0.2, 0.25) is 5.91 Å². The van der Waals surface area contributed by atoms with Gasteiger partial charge in [-0.05, 0) is 49.7 Å². The minimum Gasteiger partial charge on any atom is -0.479 e. The maximum atomic E-state index is 12.0. The molecule has 7 heteroatoms. The van der Waals surface area contributed by atoms with E-state index in [2.05, 4.69) is 10.6 Å². The van der Waals surface area contributed by atoms with Crippen molar-refractivity contribution in [3.8, 4) is 5.75 Å². The molecule has 0 aliphatic heterocycles. The third-order valence-corrected chi connectivity index (χ3v) is 3.45. The molecule has 7 nitrogen and oxygen atoms in total. The zero-order chi connectivity index (χ0) is 19.8. The van der Waals surface area contributed by atoms with Crippen molar-refractivity contribution in [3.63, 3.8) is 0 Å². The number of esters is 1. The van der Waals surface area contributed by atoms with E-state index in [1.165, 1.54) is 6.92 Å². The maximum Gasteiger partial charge on any atom is 0.347 e. The van der Waals surface area contributed by atoms with Gasteiger partial charge in [-0.3, -0.25) is 9.59 Å². The van der Waals surface area contributed by atoms with E-state index in [9.17, 15) is 14.4 Å². The first-order valence-electron chi connectivity index (χ1n) is 8.41. The van der Waals surface area contributed by atoms with Crippen LogP contribution in [0.15, 0.2) is 48.5 Å². The summed E-state index contributed by atoms with van der Waals surface area (Å²) in [6.07, 6.45) is -0.845. The molecule has 0 saturated carbocycles. The smallest absolute Gasteiger partial charge is 0.347 e. The van der Waals surface area contributed by atoms with Crippen molar-refractivity contribution in [2.24, 2.45) is 0 Å². The Bertz CT molecular complexity index is 835. The highest BCUT2D eigenvalue weighted by Crippen LogP contribution is 2.16. The highest BCUT2D eigenvalue weighted by Gasteiger charge is 2.18. The predicted octanol–water partition coefficient (Wildman–Crippen LogP) is 2.90. The normalized spacial score (nSPS) is 11.2. The van der Waals surface area contributed by atoms with Gasteiger partial charge in [-0.15, -0.1) is 0 Å². The lowest BCUT2D eigenvalue weighted by Crippen LogP contribution is -2.29. The van der Waals surface area contributed by atoms with Crippen LogP contribution in [0.4, 0.5) is 11.4 Å². The Hall–Kier alpha value is -3.35. The molecule has 27 heavy (non-hydrogen) atoms. The van der Waals surface area contributed by atoms with Gasteiger partial charge in [-0.25, -0.2) is 4.79 Å². The van der Waals surface area contributed by atoms with Crippen molar-refractivity contribution >= 4 is 29.2 Å². The van der Waals surface area contributed by atoms with Gasteiger partial charge < -0.3 is 20.1 Å². The largest absolute Gasteiger partial charge is 0.479 e. The molecule has 2 amide bonds. The monoisotopic (exact) mass is 370 g/mol. The van der Waals surface area contributed by atoms with Crippen LogP contribution in [0.5, 0.6) is 5.75 Å². The molecule has 0 saturated heterocycles. The second-order valence-corrected chi connectivity index (χ2v) is 5.99. The number of benzene rings is 2. The van der Waals surface area contributed by atoms with Crippen LogP contribution in [0.25, 0.3) is 0 Å². The Morgan fingerprint density at radius 2 is 1.67 bits per heavy atom. The number of amides is 2. The SMILES string of the molecule is CC(=O)Nc1cccc(NC(=O)COC(=O)[C@@H](C)Oc2cccc(C)c2)c1. The summed E-state index contributed by atoms with van der Waals surface area (Å²) in [5, 5.41) is 5.22. The predicted molar refractivity (Wildman–Crippen MR) is 102 cm³/mol. The number of rotatable bonds is 7. The maximum absolute atomic E-state index is 12.0. The molecule has 0 radical (unpaired) electrons. The third-order valence-electron chi connectivity index (χ3n) is 3.45. The van der Waals surface area contributed by atoms with Crippen LogP contribution in [-0.4, -0.2) is 30.5 Å². The van der Waals surface area contributed by atoms with Gasteiger partial charge in [0.15, 0.2) is 12.7 Å². The van der Waals surface area contributed by atoms with Crippen LogP contribution in [0, 0.1) is 6.92 Å². The topological polar surface area (TPSA) is 93.7 Å². The number of hydrogen-bond acceptors (Lipinski definition) is 5. The van der Waals surface area contributed by atoms with Gasteiger partial charge >= 0.3 is 5.97 Å². The van der Waals surface area contributed by atoms with Gasteiger partial charge in [-0.2, -0.15) is 0 Å². The quantitative estimate of drug-likeness (QED) is 0.731. The first-order valence-corrected chi connectivity index (χ1v) is 8.41. The third kappa shape index (κ3) is 6.81. The number of nitrogens with one attached hydrogen (secondary N) is 2. The van der Waals surface area contributed by atoms with E-state index in [1.807, 2.05) is 19.1 Å². The molecule has 0 aliphatic carbocycles. The average Bonchev–Trinajstić information content (AvgIpc) is 2.59. The number of anilines is 2. The lowest BCUT2D eigenvalue weighted by molar-refractivity contribution is -0.153. The minimum atomic E-state index is -0.845. The molecular formula is C20H22N2O5. The van der Waals surface area contributed by atoms with Crippen LogP contribution in [0.1, 0.15) is 19.4 Å². The van der Waals surface area contributed by atoms with Gasteiger partial charge in [-0.1, -0.05) is 18.2 Å². The summed E-state index contributed by atoms with van der Waals surface area (Å²) in [5.41, 5.74) is 2.04. The number of carbonyl (C=O) groups excluding carboxylic acids is 3. The fraction of sp³-hybridized carbons (Fsp3) is 0.250. The zero-order valence-electron chi connectivity index (χ0n) is 15.4. The van der Waals surface area contributed by atoms with Crippen LogP contribution < -0.4 is 15.4 Å². The summed E-state index contributed by atoms with van der Waals surface area (Å²) in [4.78, 5) is 35.0. The summed E-state index contributed by atoms with van der Waals surface area (Å²) in [7, 11) is 0. The van der Waals surface area contributed by atoms with Crippen molar-refractivity contribution < 1.29 is 23.9 Å². The van der Waals surface area contributed by atoms with E-state index in [0.717, 1.165) is 5.56 Å². The Morgan fingerprint density at radius 3 is 2.33 bits per heavy atom. The molecule has 0 spiro atoms. The summed E-state index contributed by atoms with van der Waals surface area (Å²) < 4.78 is 10.5. The molecule has 2 aromatic rings. The Kier molecular flexibility index (Phi) is 6.93. The van der Waals surface area contributed by atoms with Gasteiger partial charge in [0.25, 0.3) is 5.91 Å². The molecule has 0 unspecified atom stereocenters. The second kappa shape index (κ2) is 9.38. The first-order chi connectivity index (χ1) is 12.8. The van der Waals surface area contributed by atoms with Crippen molar-refractivity contribution in [3.05, 3.63) is 54.1 Å². The van der Waals surface area contributed by atoms with E-state index in [1.54, 1.807) is 43.3 Å². The van der Waals surface area contributed by atoms with Crippen molar-refractivity contribution in [1.29, 1.82) is 0 Å². The van der Waals surface area contributed by atoms with Gasteiger partial charge in [0, 0.05) is 18.3 Å². The molecule has 0 aliphatic rings. The number of aryl methyl sites for hydroxylation is 1. The fourth-order valence-electron chi connectivity index (χ4n) is 2.27. The second-order valence-electron chi connectivity index (χ2n) is 5.99. The fourth-order valence-corrected chi connectivity index (χ4v) is 2.27. The number of ether oxygens (including phenoxy) is 2. The Morgan fingerprint density at radius 1 is 1.00 bits per heavy atom. The lowest BCUT2D eigenvalue weighted by Gasteiger charge is -2.14. The Balaban J connectivity index is 1.82. The molecule has 0 aromatic heterocycles. The van der Waals surface area contributed by atoms with E-state index < -0.39 is 24.6 Å². The van der Waals surface area contributed by atoms with E-state index in [-0.39, 0.29) is 5.91 Å². The molecule has 2 rings (SSSR count). The highest BCUT2D eigenvalue weighted by atomic mass is 16.6. The van der Waals surface area contributed by atoms with Crippen LogP contribution in [0.2, 0.25) is 0 Å². The summed E-state index contributed by atoms with van der Waals surface area (Å²) >= 11 is 0.